The van der Waals surface area contributed by atoms with Crippen LogP contribution in [0.15, 0.2) is 47.5 Å². The molecular weight excluding hydrogens is 442 g/mol. The second-order valence-corrected chi connectivity index (χ2v) is 7.55. The van der Waals surface area contributed by atoms with Gasteiger partial charge >= 0.3 is 6.03 Å². The molecule has 3 aromatic rings. The third kappa shape index (κ3) is 3.98. The SMILES string of the molecule is COc1cc(F)c(CN2C(=O)N(c3cc(OC)nc(OC)c3)Sc3cccnc32)c(F)c1. The highest BCUT2D eigenvalue weighted by Crippen LogP contribution is 2.42. The Balaban J connectivity index is 1.77. The fourth-order valence-electron chi connectivity index (χ4n) is 3.10. The molecular formula is C21H18F2N4O4S. The zero-order valence-electron chi connectivity index (χ0n) is 17.3. The van der Waals surface area contributed by atoms with Crippen LogP contribution in [0.4, 0.5) is 25.1 Å². The van der Waals surface area contributed by atoms with Gasteiger partial charge < -0.3 is 14.2 Å². The fraction of sp³-hybridized carbons (Fsp3) is 0.190. The Kier molecular flexibility index (Phi) is 5.99. The smallest absolute Gasteiger partial charge is 0.341 e. The molecule has 0 spiro atoms. The summed E-state index contributed by atoms with van der Waals surface area (Å²) in [7, 11) is 4.20. The number of nitrogens with zero attached hydrogens (tertiary/aromatic N) is 4. The molecule has 32 heavy (non-hydrogen) atoms. The first-order valence-corrected chi connectivity index (χ1v) is 10.1. The summed E-state index contributed by atoms with van der Waals surface area (Å²) in [6.45, 7) is -0.374. The van der Waals surface area contributed by atoms with Gasteiger partial charge in [-0.15, -0.1) is 0 Å². The number of benzene rings is 1. The minimum absolute atomic E-state index is 0.0420. The zero-order chi connectivity index (χ0) is 22.8. The number of ether oxygens (including phenoxy) is 3. The van der Waals surface area contributed by atoms with Gasteiger partial charge in [-0.25, -0.2) is 22.9 Å². The number of aromatic nitrogens is 2. The van der Waals surface area contributed by atoms with E-state index in [0.717, 1.165) is 24.1 Å². The Morgan fingerprint density at radius 2 is 1.66 bits per heavy atom. The summed E-state index contributed by atoms with van der Waals surface area (Å²) >= 11 is 1.12. The molecule has 0 atom stereocenters. The van der Waals surface area contributed by atoms with Gasteiger partial charge in [0.15, 0.2) is 5.82 Å². The van der Waals surface area contributed by atoms with Gasteiger partial charge in [0.25, 0.3) is 0 Å². The average molecular weight is 460 g/mol. The number of rotatable bonds is 6. The van der Waals surface area contributed by atoms with Gasteiger partial charge in [0.05, 0.1) is 38.5 Å². The van der Waals surface area contributed by atoms with E-state index in [1.165, 1.54) is 36.7 Å². The molecule has 1 aromatic carbocycles. The molecule has 1 aliphatic rings. The van der Waals surface area contributed by atoms with E-state index in [1.54, 1.807) is 24.3 Å². The third-order valence-corrected chi connectivity index (χ3v) is 5.75. The number of halogens is 2. The molecule has 0 N–H and O–H groups in total. The van der Waals surface area contributed by atoms with Gasteiger partial charge in [0, 0.05) is 48.0 Å². The van der Waals surface area contributed by atoms with Crippen molar-refractivity contribution in [1.82, 2.24) is 9.97 Å². The lowest BCUT2D eigenvalue weighted by atomic mass is 10.1. The second kappa shape index (κ2) is 8.87. The largest absolute Gasteiger partial charge is 0.497 e. The van der Waals surface area contributed by atoms with Crippen LogP contribution < -0.4 is 23.4 Å². The van der Waals surface area contributed by atoms with E-state index in [-0.39, 0.29) is 29.6 Å². The number of hydrogen-bond donors (Lipinski definition) is 0. The Bertz CT molecular complexity index is 1140. The van der Waals surface area contributed by atoms with E-state index in [2.05, 4.69) is 9.97 Å². The maximum Gasteiger partial charge on any atom is 0.341 e. The Morgan fingerprint density at radius 1 is 1.00 bits per heavy atom. The normalized spacial score (nSPS) is 13.1. The topological polar surface area (TPSA) is 77.0 Å². The molecule has 0 saturated heterocycles. The van der Waals surface area contributed by atoms with Crippen molar-refractivity contribution >= 4 is 29.5 Å². The Morgan fingerprint density at radius 3 is 2.25 bits per heavy atom. The van der Waals surface area contributed by atoms with Crippen LogP contribution in [0.1, 0.15) is 5.56 Å². The van der Waals surface area contributed by atoms with Crippen molar-refractivity contribution in [1.29, 1.82) is 0 Å². The Hall–Kier alpha value is -3.60. The maximum atomic E-state index is 14.6. The lowest BCUT2D eigenvalue weighted by Gasteiger charge is -2.35. The Labute approximate surface area is 186 Å². The third-order valence-electron chi connectivity index (χ3n) is 4.68. The summed E-state index contributed by atoms with van der Waals surface area (Å²) in [5, 5.41) is 0. The molecule has 11 heteroatoms. The molecule has 0 fully saturated rings. The van der Waals surface area contributed by atoms with E-state index >= 15 is 0 Å². The fourth-order valence-corrected chi connectivity index (χ4v) is 4.07. The molecule has 0 unspecified atom stereocenters. The first kappa shape index (κ1) is 21.6. The number of fused-ring (bicyclic) bond motifs is 1. The lowest BCUT2D eigenvalue weighted by molar-refractivity contribution is 0.253. The first-order chi connectivity index (χ1) is 15.4. The van der Waals surface area contributed by atoms with Crippen LogP contribution in [-0.4, -0.2) is 37.3 Å². The molecule has 4 rings (SSSR count). The minimum Gasteiger partial charge on any atom is -0.497 e. The number of hydrogen-bond acceptors (Lipinski definition) is 7. The monoisotopic (exact) mass is 460 g/mol. The highest BCUT2D eigenvalue weighted by atomic mass is 32.2. The number of pyridine rings is 2. The molecule has 2 amide bonds. The molecule has 166 valence electrons. The lowest BCUT2D eigenvalue weighted by Crippen LogP contribution is -2.43. The van der Waals surface area contributed by atoms with Crippen LogP contribution in [0.2, 0.25) is 0 Å². The summed E-state index contributed by atoms with van der Waals surface area (Å²) in [6.07, 6.45) is 1.51. The van der Waals surface area contributed by atoms with E-state index in [0.29, 0.717) is 16.4 Å². The van der Waals surface area contributed by atoms with Crippen molar-refractivity contribution in [3.63, 3.8) is 0 Å². The minimum atomic E-state index is -0.829. The van der Waals surface area contributed by atoms with Gasteiger partial charge in [0.1, 0.15) is 17.4 Å². The van der Waals surface area contributed by atoms with Crippen LogP contribution in [-0.2, 0) is 6.54 Å². The number of anilines is 2. The van der Waals surface area contributed by atoms with Crippen molar-refractivity contribution in [2.45, 2.75) is 11.4 Å². The van der Waals surface area contributed by atoms with Crippen LogP contribution in [0.25, 0.3) is 0 Å². The van der Waals surface area contributed by atoms with Gasteiger partial charge in [0.2, 0.25) is 11.8 Å². The molecule has 0 aliphatic carbocycles. The van der Waals surface area contributed by atoms with Crippen molar-refractivity contribution in [3.8, 4) is 17.5 Å². The van der Waals surface area contributed by atoms with E-state index < -0.39 is 17.7 Å². The molecule has 3 heterocycles. The van der Waals surface area contributed by atoms with Gasteiger partial charge in [-0.05, 0) is 12.1 Å². The molecule has 8 nitrogen and oxygen atoms in total. The highest BCUT2D eigenvalue weighted by molar-refractivity contribution is 8.01. The van der Waals surface area contributed by atoms with Gasteiger partial charge in [-0.3, -0.25) is 4.90 Å². The van der Waals surface area contributed by atoms with E-state index in [4.69, 9.17) is 14.2 Å². The van der Waals surface area contributed by atoms with Crippen LogP contribution in [0, 0.1) is 11.6 Å². The second-order valence-electron chi connectivity index (χ2n) is 6.56. The molecule has 0 bridgehead atoms. The van der Waals surface area contributed by atoms with Crippen molar-refractivity contribution < 1.29 is 27.8 Å². The maximum absolute atomic E-state index is 14.6. The molecule has 1 aliphatic heterocycles. The molecule has 0 saturated carbocycles. The van der Waals surface area contributed by atoms with Crippen molar-refractivity contribution in [2.75, 3.05) is 30.5 Å². The summed E-state index contributed by atoms with van der Waals surface area (Å²) in [5.74, 6) is -0.845. The van der Waals surface area contributed by atoms with Gasteiger partial charge in [-0.1, -0.05) is 0 Å². The number of amides is 2. The van der Waals surface area contributed by atoms with Crippen molar-refractivity contribution in [3.05, 3.63) is 59.8 Å². The zero-order valence-corrected chi connectivity index (χ0v) is 18.2. The summed E-state index contributed by atoms with van der Waals surface area (Å²) < 4.78 is 45.9. The summed E-state index contributed by atoms with van der Waals surface area (Å²) in [6, 6.07) is 8.17. The quantitative estimate of drug-likeness (QED) is 0.504. The van der Waals surface area contributed by atoms with E-state index in [9.17, 15) is 13.6 Å². The number of methoxy groups -OCH3 is 3. The van der Waals surface area contributed by atoms with Crippen LogP contribution >= 0.6 is 11.9 Å². The molecule has 2 aromatic heterocycles. The van der Waals surface area contributed by atoms with E-state index in [1.807, 2.05) is 0 Å². The van der Waals surface area contributed by atoms with Crippen molar-refractivity contribution in [2.24, 2.45) is 0 Å². The number of carbonyl (C=O) groups is 1. The predicted molar refractivity (Wildman–Crippen MR) is 114 cm³/mol. The molecule has 0 radical (unpaired) electrons. The van der Waals surface area contributed by atoms with Crippen LogP contribution in [0.3, 0.4) is 0 Å². The number of urea groups is 1. The summed E-state index contributed by atoms with van der Waals surface area (Å²) in [5.41, 5.74) is 0.131. The van der Waals surface area contributed by atoms with Crippen LogP contribution in [0.5, 0.6) is 17.5 Å². The average Bonchev–Trinajstić information content (AvgIpc) is 2.81. The number of carbonyl (C=O) groups excluding carboxylic acids is 1. The summed E-state index contributed by atoms with van der Waals surface area (Å²) in [4.78, 5) is 23.7. The highest BCUT2D eigenvalue weighted by Gasteiger charge is 2.35. The predicted octanol–water partition coefficient (Wildman–Crippen LogP) is 4.43. The first-order valence-electron chi connectivity index (χ1n) is 9.31. The standard InChI is InChI=1S/C21H18F2N4O4S/c1-29-13-9-15(22)14(16(23)10-13)11-26-20-17(5-4-6-24-20)32-27(21(26)28)12-7-18(30-2)25-19(8-12)31-3/h4-10H,11H2,1-3H3. The van der Waals surface area contributed by atoms with Gasteiger partial charge in [-0.2, -0.15) is 4.98 Å².